The molecule has 0 aromatic heterocycles. The third kappa shape index (κ3) is 8.85. The number of nitriles is 2. The molecule has 0 fully saturated rings. The van der Waals surface area contributed by atoms with Gasteiger partial charge in [-0.25, -0.2) is 18.4 Å². The molecule has 0 aliphatic carbocycles. The largest absolute Gasteiger partial charge is 0.419 e. The summed E-state index contributed by atoms with van der Waals surface area (Å²) in [6.45, 7) is 0.593. The highest BCUT2D eigenvalue weighted by molar-refractivity contribution is 6.08. The molecule has 4 aliphatic heterocycles. The smallest absolute Gasteiger partial charge is 0.333 e. The van der Waals surface area contributed by atoms with Gasteiger partial charge >= 0.3 is 24.4 Å². The molecule has 344 valence electrons. The van der Waals surface area contributed by atoms with Crippen molar-refractivity contribution in [3.63, 3.8) is 0 Å². The third-order valence-corrected chi connectivity index (χ3v) is 11.7. The van der Waals surface area contributed by atoms with E-state index in [9.17, 15) is 64.8 Å². The molecule has 13 nitrogen and oxygen atoms in total. The lowest BCUT2D eigenvalue weighted by Gasteiger charge is -2.34. The second-order valence-electron chi connectivity index (χ2n) is 15.9. The molecule has 0 radical (unpaired) electrons. The van der Waals surface area contributed by atoms with Crippen LogP contribution in [-0.4, -0.2) is 72.9 Å². The number of hydrogen-bond acceptors (Lipinski definition) is 7. The average molecular weight is 930 g/mol. The Labute approximate surface area is 376 Å². The van der Waals surface area contributed by atoms with Gasteiger partial charge < -0.3 is 25.8 Å². The van der Waals surface area contributed by atoms with E-state index in [1.807, 2.05) is 12.1 Å². The minimum absolute atomic E-state index is 0.0823. The number of carbonyl (C=O) groups is 4. The Kier molecular flexibility index (Phi) is 12.2. The first-order valence-corrected chi connectivity index (χ1v) is 20.6. The number of carbonyl (C=O) groups excluding carboxylic acids is 4. The summed E-state index contributed by atoms with van der Waals surface area (Å²) in [7, 11) is 0. The fraction of sp³-hybridized carbons (Fsp3) is 0.261. The molecule has 4 heterocycles. The lowest BCUT2D eigenvalue weighted by molar-refractivity contribution is -0.140. The minimum atomic E-state index is -5.08. The van der Waals surface area contributed by atoms with Crippen molar-refractivity contribution >= 4 is 35.3 Å². The normalized spacial score (nSPS) is 18.5. The fourth-order valence-corrected chi connectivity index (χ4v) is 8.55. The van der Waals surface area contributed by atoms with E-state index in [-0.39, 0.29) is 60.1 Å². The number of urea groups is 2. The Balaban J connectivity index is 0.929. The van der Waals surface area contributed by atoms with Crippen molar-refractivity contribution < 1.29 is 54.3 Å². The van der Waals surface area contributed by atoms with Crippen molar-refractivity contribution in [1.82, 2.24) is 25.8 Å². The topological polar surface area (TPSA) is 165 Å². The highest BCUT2D eigenvalue weighted by Crippen LogP contribution is 2.43. The summed E-state index contributed by atoms with van der Waals surface area (Å²) in [5.74, 6) is -4.10. The second-order valence-corrected chi connectivity index (χ2v) is 15.9. The first-order chi connectivity index (χ1) is 31.9. The molecule has 0 spiro atoms. The van der Waals surface area contributed by atoms with Crippen LogP contribution in [0.4, 0.5) is 56.1 Å². The summed E-state index contributed by atoms with van der Waals surface area (Å²) < 4.78 is 111. The molecule has 4 aromatic carbocycles. The zero-order valence-electron chi connectivity index (χ0n) is 34.7. The number of nitrogens with one attached hydrogen (secondary N) is 3. The Morgan fingerprint density at radius 2 is 0.955 bits per heavy atom. The standard InChI is InChI=1S/C46H35F8N9O4/c47-33-13-11-29(19-31(33)45(49,50)51)62-35-23-60(41(64)37(35)39(58-43(62)66)27-7-3-25(21-55)4-8-27)17-1-15-57-16-2-18-61-24-36-38(42(61)65)40(28-9-5-26(22-56)6-10-28)59-44(67)63(36)30-12-14-34(48)32(20-30)46(52,53)54/h3-14,19-20,39-40,57H,1-2,15-18,23-24H2,(H,58,66)(H,59,67). The summed E-state index contributed by atoms with van der Waals surface area (Å²) in [5.41, 5.74) is -1.97. The van der Waals surface area contributed by atoms with Gasteiger partial charge in [0.05, 0.1) is 93.5 Å². The van der Waals surface area contributed by atoms with Gasteiger partial charge in [0.25, 0.3) is 11.8 Å². The number of halogens is 8. The van der Waals surface area contributed by atoms with E-state index >= 15 is 0 Å². The predicted molar refractivity (Wildman–Crippen MR) is 222 cm³/mol. The molecule has 6 amide bonds. The lowest BCUT2D eigenvalue weighted by atomic mass is 9.94. The summed E-state index contributed by atoms with van der Waals surface area (Å²) >= 11 is 0. The van der Waals surface area contributed by atoms with E-state index < -0.39 is 71.1 Å². The highest BCUT2D eigenvalue weighted by Gasteiger charge is 2.47. The van der Waals surface area contributed by atoms with E-state index in [2.05, 4.69) is 16.0 Å². The molecule has 3 N–H and O–H groups in total. The number of anilines is 2. The molecule has 0 saturated heterocycles. The number of benzene rings is 4. The fourth-order valence-electron chi connectivity index (χ4n) is 8.55. The molecule has 0 saturated carbocycles. The van der Waals surface area contributed by atoms with Crippen LogP contribution in [0, 0.1) is 34.3 Å². The Morgan fingerprint density at radius 3 is 1.30 bits per heavy atom. The monoisotopic (exact) mass is 929 g/mol. The SMILES string of the molecule is N#Cc1ccc(C2NC(=O)N(c3ccc(F)c(C(F)(F)F)c3)C3=C2C(=O)N(CCCNCCCN2CC4=C(C2=O)C(c2ccc(C#N)cc2)NC(=O)N4c2ccc(F)c(C(F)(F)F)c2)C3)cc1. The van der Waals surface area contributed by atoms with Gasteiger partial charge in [0.15, 0.2) is 0 Å². The highest BCUT2D eigenvalue weighted by atomic mass is 19.4. The molecule has 8 rings (SSSR count). The van der Waals surface area contributed by atoms with Crippen LogP contribution in [0.3, 0.4) is 0 Å². The lowest BCUT2D eigenvalue weighted by Crippen LogP contribution is -2.47. The predicted octanol–water partition coefficient (Wildman–Crippen LogP) is 7.55. The van der Waals surface area contributed by atoms with E-state index in [0.29, 0.717) is 72.5 Å². The summed E-state index contributed by atoms with van der Waals surface area (Å²) in [4.78, 5) is 60.0. The third-order valence-electron chi connectivity index (χ3n) is 11.7. The first kappa shape index (κ1) is 45.8. The quantitative estimate of drug-likeness (QED) is 0.0976. The summed E-state index contributed by atoms with van der Waals surface area (Å²) in [6, 6.07) is 16.5. The van der Waals surface area contributed by atoms with Gasteiger partial charge in [-0.15, -0.1) is 0 Å². The van der Waals surface area contributed by atoms with Crippen molar-refractivity contribution in [2.75, 3.05) is 49.1 Å². The number of amides is 6. The zero-order valence-corrected chi connectivity index (χ0v) is 34.7. The summed E-state index contributed by atoms with van der Waals surface area (Å²) in [5, 5.41) is 27.1. The second kappa shape index (κ2) is 17.9. The molecule has 21 heteroatoms. The number of alkyl halides is 6. The van der Waals surface area contributed by atoms with Gasteiger partial charge in [-0.2, -0.15) is 36.9 Å². The number of hydrogen-bond donors (Lipinski definition) is 3. The summed E-state index contributed by atoms with van der Waals surface area (Å²) in [6.07, 6.45) is -9.44. The van der Waals surface area contributed by atoms with Crippen LogP contribution in [0.1, 0.15) is 58.3 Å². The van der Waals surface area contributed by atoms with Gasteiger partial charge in [0.1, 0.15) is 11.6 Å². The van der Waals surface area contributed by atoms with Crippen LogP contribution in [-0.2, 0) is 21.9 Å². The van der Waals surface area contributed by atoms with Gasteiger partial charge in [0.2, 0.25) is 0 Å². The van der Waals surface area contributed by atoms with Crippen molar-refractivity contribution in [2.45, 2.75) is 37.3 Å². The van der Waals surface area contributed by atoms with Crippen LogP contribution < -0.4 is 25.8 Å². The van der Waals surface area contributed by atoms with Gasteiger partial charge in [-0.1, -0.05) is 24.3 Å². The maximum atomic E-state index is 14.3. The molecule has 0 bridgehead atoms. The molecule has 2 atom stereocenters. The van der Waals surface area contributed by atoms with Crippen LogP contribution in [0.25, 0.3) is 0 Å². The van der Waals surface area contributed by atoms with Crippen LogP contribution in [0.2, 0.25) is 0 Å². The molecular formula is C46H35F8N9O4. The van der Waals surface area contributed by atoms with Crippen molar-refractivity contribution in [3.05, 3.63) is 152 Å². The van der Waals surface area contributed by atoms with E-state index in [0.717, 1.165) is 21.9 Å². The van der Waals surface area contributed by atoms with E-state index in [4.69, 9.17) is 0 Å². The van der Waals surface area contributed by atoms with Crippen LogP contribution >= 0.6 is 0 Å². The van der Waals surface area contributed by atoms with Crippen LogP contribution in [0.5, 0.6) is 0 Å². The zero-order chi connectivity index (χ0) is 47.9. The number of rotatable bonds is 12. The van der Waals surface area contributed by atoms with Crippen molar-refractivity contribution in [1.29, 1.82) is 10.5 Å². The van der Waals surface area contributed by atoms with Gasteiger partial charge in [-0.3, -0.25) is 19.4 Å². The van der Waals surface area contributed by atoms with Crippen LogP contribution in [0.15, 0.2) is 107 Å². The first-order valence-electron chi connectivity index (χ1n) is 20.6. The average Bonchev–Trinajstić information content (AvgIpc) is 3.80. The minimum Gasteiger partial charge on any atom is -0.333 e. The Hall–Kier alpha value is -7.78. The van der Waals surface area contributed by atoms with Crippen molar-refractivity contribution in [3.8, 4) is 12.1 Å². The Morgan fingerprint density at radius 1 is 0.582 bits per heavy atom. The molecule has 4 aromatic rings. The Bertz CT molecular complexity index is 2640. The maximum absolute atomic E-state index is 14.3. The molecule has 67 heavy (non-hydrogen) atoms. The molecule has 4 aliphatic rings. The van der Waals surface area contributed by atoms with E-state index in [1.165, 1.54) is 34.1 Å². The van der Waals surface area contributed by atoms with Gasteiger partial charge in [0, 0.05) is 13.1 Å². The van der Waals surface area contributed by atoms with Crippen molar-refractivity contribution in [2.24, 2.45) is 0 Å². The number of nitrogens with zero attached hydrogens (tertiary/aromatic N) is 6. The van der Waals surface area contributed by atoms with Gasteiger partial charge in [-0.05, 0) is 97.7 Å². The van der Waals surface area contributed by atoms with E-state index in [1.54, 1.807) is 24.3 Å². The molecule has 2 unspecified atom stereocenters. The maximum Gasteiger partial charge on any atom is 0.419 e. The molecular weight excluding hydrogens is 895 g/mol.